The molecule has 1 aliphatic carbocycles. The zero-order chi connectivity index (χ0) is 15.0. The molecule has 3 atom stereocenters. The first-order chi connectivity index (χ1) is 10.1. The largest absolute Gasteiger partial charge is 0.497 e. The van der Waals surface area contributed by atoms with Gasteiger partial charge in [-0.15, -0.1) is 0 Å². The van der Waals surface area contributed by atoms with Crippen molar-refractivity contribution >= 4 is 11.9 Å². The van der Waals surface area contributed by atoms with Crippen molar-refractivity contribution in [2.45, 2.75) is 25.3 Å². The Kier molecular flexibility index (Phi) is 3.57. The fraction of sp³-hybridized carbons (Fsp3) is 0.500. The maximum absolute atomic E-state index is 12.5. The normalized spacial score (nSPS) is 27.5. The highest BCUT2D eigenvalue weighted by atomic mass is 16.5. The van der Waals surface area contributed by atoms with Gasteiger partial charge in [0.25, 0.3) is 0 Å². The molecule has 2 fully saturated rings. The molecule has 1 saturated heterocycles. The van der Waals surface area contributed by atoms with E-state index in [1.165, 1.54) is 0 Å². The summed E-state index contributed by atoms with van der Waals surface area (Å²) in [6.07, 6.45) is 2.36. The molecular formula is C16H19NO4. The molecule has 1 saturated carbocycles. The second-order valence-electron chi connectivity index (χ2n) is 5.75. The van der Waals surface area contributed by atoms with Crippen LogP contribution in [-0.4, -0.2) is 35.5 Å². The van der Waals surface area contributed by atoms with Crippen molar-refractivity contribution in [3.63, 3.8) is 0 Å². The highest BCUT2D eigenvalue weighted by molar-refractivity contribution is 5.89. The summed E-state index contributed by atoms with van der Waals surface area (Å²) in [5.74, 6) is -0.891. The molecule has 112 valence electrons. The molecule has 2 aliphatic rings. The van der Waals surface area contributed by atoms with Crippen LogP contribution >= 0.6 is 0 Å². The van der Waals surface area contributed by atoms with Crippen molar-refractivity contribution in [3.8, 4) is 5.75 Å². The highest BCUT2D eigenvalue weighted by Gasteiger charge is 2.51. The van der Waals surface area contributed by atoms with E-state index in [9.17, 15) is 9.59 Å². The van der Waals surface area contributed by atoms with E-state index in [1.54, 1.807) is 7.11 Å². The molecule has 0 bridgehead atoms. The molecule has 1 aliphatic heterocycles. The molecule has 3 rings (SSSR count). The molecule has 0 spiro atoms. The van der Waals surface area contributed by atoms with E-state index in [1.807, 2.05) is 29.2 Å². The summed E-state index contributed by atoms with van der Waals surface area (Å²) in [6, 6.07) is 7.80. The molecule has 0 radical (unpaired) electrons. The number of carbonyl (C=O) groups excluding carboxylic acids is 1. The van der Waals surface area contributed by atoms with E-state index < -0.39 is 11.9 Å². The lowest BCUT2D eigenvalue weighted by atomic mass is 10.0. The number of methoxy groups -OCH3 is 1. The van der Waals surface area contributed by atoms with Gasteiger partial charge in [-0.3, -0.25) is 9.59 Å². The SMILES string of the molecule is COc1cccc([C@@H]2CCCN2C(=O)[C@@H]2C[C@H]2C(=O)O)c1. The number of ether oxygens (including phenoxy) is 1. The molecule has 21 heavy (non-hydrogen) atoms. The summed E-state index contributed by atoms with van der Waals surface area (Å²) in [6.45, 7) is 0.712. The van der Waals surface area contributed by atoms with Crippen LogP contribution in [0.5, 0.6) is 5.75 Å². The van der Waals surface area contributed by atoms with Crippen molar-refractivity contribution in [1.29, 1.82) is 0 Å². The summed E-state index contributed by atoms with van der Waals surface area (Å²) < 4.78 is 5.24. The van der Waals surface area contributed by atoms with Crippen LogP contribution in [0, 0.1) is 11.8 Å². The molecule has 0 unspecified atom stereocenters. The molecule has 1 aromatic rings. The molecule has 1 aromatic carbocycles. The third-order valence-corrected chi connectivity index (χ3v) is 4.44. The maximum atomic E-state index is 12.5. The summed E-state index contributed by atoms with van der Waals surface area (Å²) in [5, 5.41) is 8.98. The van der Waals surface area contributed by atoms with Gasteiger partial charge in [0.1, 0.15) is 5.75 Å². The van der Waals surface area contributed by atoms with Crippen molar-refractivity contribution in [2.24, 2.45) is 11.8 Å². The predicted octanol–water partition coefficient (Wildman–Crippen LogP) is 2.08. The van der Waals surface area contributed by atoms with Crippen LogP contribution in [-0.2, 0) is 9.59 Å². The zero-order valence-corrected chi connectivity index (χ0v) is 12.0. The van der Waals surface area contributed by atoms with Crippen molar-refractivity contribution in [2.75, 3.05) is 13.7 Å². The first kappa shape index (κ1) is 13.9. The summed E-state index contributed by atoms with van der Waals surface area (Å²) >= 11 is 0. The third kappa shape index (κ3) is 2.60. The van der Waals surface area contributed by atoms with Crippen LogP contribution < -0.4 is 4.74 Å². The standard InChI is InChI=1S/C16H19NO4/c1-21-11-5-2-4-10(8-11)14-6-3-7-17(14)15(18)12-9-13(12)16(19)20/h2,4-5,8,12-14H,3,6-7,9H2,1H3,(H,19,20)/t12-,13-,14+/m1/s1. The quantitative estimate of drug-likeness (QED) is 0.921. The summed E-state index contributed by atoms with van der Waals surface area (Å²) in [4.78, 5) is 25.3. The Labute approximate surface area is 123 Å². The average Bonchev–Trinajstić information content (AvgIpc) is 3.16. The number of likely N-dealkylation sites (tertiary alicyclic amines) is 1. The Morgan fingerprint density at radius 3 is 2.81 bits per heavy atom. The topological polar surface area (TPSA) is 66.8 Å². The van der Waals surface area contributed by atoms with Gasteiger partial charge in [0.2, 0.25) is 5.91 Å². The first-order valence-corrected chi connectivity index (χ1v) is 7.29. The number of amides is 1. The van der Waals surface area contributed by atoms with E-state index in [0.717, 1.165) is 24.2 Å². The first-order valence-electron chi connectivity index (χ1n) is 7.29. The molecular weight excluding hydrogens is 270 g/mol. The van der Waals surface area contributed by atoms with Gasteiger partial charge in [-0.2, -0.15) is 0 Å². The van der Waals surface area contributed by atoms with Gasteiger partial charge in [-0.05, 0) is 37.0 Å². The molecule has 1 heterocycles. The fourth-order valence-corrected chi connectivity index (χ4v) is 3.18. The molecule has 5 nitrogen and oxygen atoms in total. The minimum Gasteiger partial charge on any atom is -0.497 e. The van der Waals surface area contributed by atoms with Crippen molar-refractivity contribution in [3.05, 3.63) is 29.8 Å². The van der Waals surface area contributed by atoms with Crippen LogP contribution in [0.1, 0.15) is 30.9 Å². The Balaban J connectivity index is 1.76. The van der Waals surface area contributed by atoms with Gasteiger partial charge in [-0.25, -0.2) is 0 Å². The van der Waals surface area contributed by atoms with E-state index >= 15 is 0 Å². The van der Waals surface area contributed by atoms with Crippen molar-refractivity contribution < 1.29 is 19.4 Å². The van der Waals surface area contributed by atoms with Crippen molar-refractivity contribution in [1.82, 2.24) is 4.90 Å². The van der Waals surface area contributed by atoms with Gasteiger partial charge < -0.3 is 14.7 Å². The minimum atomic E-state index is -0.856. The van der Waals surface area contributed by atoms with Crippen LogP contribution in [0.15, 0.2) is 24.3 Å². The van der Waals surface area contributed by atoms with Crippen LogP contribution in [0.3, 0.4) is 0 Å². The molecule has 1 N–H and O–H groups in total. The van der Waals surface area contributed by atoms with E-state index in [2.05, 4.69) is 0 Å². The highest BCUT2D eigenvalue weighted by Crippen LogP contribution is 2.43. The molecule has 0 aromatic heterocycles. The number of carbonyl (C=O) groups is 2. The summed E-state index contributed by atoms with van der Waals surface area (Å²) in [7, 11) is 1.62. The van der Waals surface area contributed by atoms with Crippen LogP contribution in [0.4, 0.5) is 0 Å². The average molecular weight is 289 g/mol. The Morgan fingerprint density at radius 2 is 2.14 bits per heavy atom. The van der Waals surface area contributed by atoms with Crippen LogP contribution in [0.25, 0.3) is 0 Å². The maximum Gasteiger partial charge on any atom is 0.307 e. The number of benzene rings is 1. The zero-order valence-electron chi connectivity index (χ0n) is 12.0. The fourth-order valence-electron chi connectivity index (χ4n) is 3.18. The monoisotopic (exact) mass is 289 g/mol. The van der Waals surface area contributed by atoms with Gasteiger partial charge in [0.15, 0.2) is 0 Å². The van der Waals surface area contributed by atoms with E-state index in [-0.39, 0.29) is 17.9 Å². The Bertz CT molecular complexity index is 571. The number of rotatable bonds is 4. The van der Waals surface area contributed by atoms with E-state index in [0.29, 0.717) is 13.0 Å². The Morgan fingerprint density at radius 1 is 1.33 bits per heavy atom. The smallest absolute Gasteiger partial charge is 0.307 e. The van der Waals surface area contributed by atoms with Crippen LogP contribution in [0.2, 0.25) is 0 Å². The minimum absolute atomic E-state index is 0.00674. The lowest BCUT2D eigenvalue weighted by Crippen LogP contribution is -2.32. The second kappa shape index (κ2) is 5.39. The molecule has 5 heteroatoms. The van der Waals surface area contributed by atoms with Gasteiger partial charge in [-0.1, -0.05) is 12.1 Å². The van der Waals surface area contributed by atoms with Gasteiger partial charge in [0, 0.05) is 6.54 Å². The lowest BCUT2D eigenvalue weighted by Gasteiger charge is -2.25. The summed E-state index contributed by atoms with van der Waals surface area (Å²) in [5.41, 5.74) is 1.06. The number of carboxylic acid groups (broad SMARTS) is 1. The number of hydrogen-bond acceptors (Lipinski definition) is 3. The predicted molar refractivity (Wildman–Crippen MR) is 75.9 cm³/mol. The number of nitrogens with zero attached hydrogens (tertiary/aromatic N) is 1. The third-order valence-electron chi connectivity index (χ3n) is 4.44. The lowest BCUT2D eigenvalue weighted by molar-refractivity contribution is -0.142. The number of aliphatic carboxylic acids is 1. The van der Waals surface area contributed by atoms with Gasteiger partial charge >= 0.3 is 5.97 Å². The second-order valence-corrected chi connectivity index (χ2v) is 5.75. The number of hydrogen-bond donors (Lipinski definition) is 1. The Hall–Kier alpha value is -2.04. The molecule has 1 amide bonds. The van der Waals surface area contributed by atoms with E-state index in [4.69, 9.17) is 9.84 Å². The number of carboxylic acids is 1. The van der Waals surface area contributed by atoms with Gasteiger partial charge in [0.05, 0.1) is 25.0 Å².